The van der Waals surface area contributed by atoms with Crippen molar-refractivity contribution in [3.05, 3.63) is 58.4 Å². The molecule has 31 heavy (non-hydrogen) atoms. The van der Waals surface area contributed by atoms with E-state index in [1.165, 1.54) is 10.4 Å². The molecule has 0 spiro atoms. The molecule has 1 aliphatic heterocycles. The molecule has 0 aliphatic carbocycles. The fraction of sp³-hybridized carbons (Fsp3) is 0.381. The van der Waals surface area contributed by atoms with Crippen LogP contribution in [0, 0.1) is 27.7 Å². The SMILES string of the molecule is Cc1nc(N2CCN(S(=O)(=O)c3ccc(C)c(Cl)c3)CC2)cc(-n2cnc(C)c2C)n1. The summed E-state index contributed by atoms with van der Waals surface area (Å²) in [5, 5.41) is 0.453. The van der Waals surface area contributed by atoms with Crippen LogP contribution >= 0.6 is 11.6 Å². The number of rotatable bonds is 4. The van der Waals surface area contributed by atoms with Gasteiger partial charge in [0.15, 0.2) is 0 Å². The van der Waals surface area contributed by atoms with Gasteiger partial charge in [-0.1, -0.05) is 17.7 Å². The standard InChI is InChI=1S/C21H25ClN6O2S/c1-14-5-6-18(11-19(14)22)31(29,30)27-9-7-26(8-10-27)20-12-21(25-17(4)24-20)28-13-23-15(2)16(28)3/h5-6,11-13H,7-10H2,1-4H3. The van der Waals surface area contributed by atoms with Crippen LogP contribution in [0.25, 0.3) is 5.82 Å². The van der Waals surface area contributed by atoms with Gasteiger partial charge in [-0.15, -0.1) is 0 Å². The van der Waals surface area contributed by atoms with Crippen LogP contribution in [0.1, 0.15) is 22.8 Å². The summed E-state index contributed by atoms with van der Waals surface area (Å²) < 4.78 is 29.5. The highest BCUT2D eigenvalue weighted by Gasteiger charge is 2.29. The molecule has 2 aromatic heterocycles. The van der Waals surface area contributed by atoms with Gasteiger partial charge >= 0.3 is 0 Å². The molecule has 3 heterocycles. The predicted octanol–water partition coefficient (Wildman–Crippen LogP) is 3.06. The van der Waals surface area contributed by atoms with Crippen LogP contribution in [-0.4, -0.2) is 58.4 Å². The highest BCUT2D eigenvalue weighted by molar-refractivity contribution is 7.89. The van der Waals surface area contributed by atoms with Crippen molar-refractivity contribution in [3.63, 3.8) is 0 Å². The average molecular weight is 461 g/mol. The van der Waals surface area contributed by atoms with E-state index >= 15 is 0 Å². The number of benzene rings is 1. The molecule has 164 valence electrons. The van der Waals surface area contributed by atoms with Gasteiger partial charge in [0.2, 0.25) is 10.0 Å². The van der Waals surface area contributed by atoms with Crippen LogP contribution < -0.4 is 4.90 Å². The van der Waals surface area contributed by atoms with Gasteiger partial charge in [0.1, 0.15) is 23.8 Å². The molecule has 0 saturated carbocycles. The maximum Gasteiger partial charge on any atom is 0.243 e. The zero-order valence-electron chi connectivity index (χ0n) is 18.0. The number of piperazine rings is 1. The Bertz CT molecular complexity index is 1230. The van der Waals surface area contributed by atoms with E-state index in [0.29, 0.717) is 37.0 Å². The second kappa shape index (κ2) is 8.22. The van der Waals surface area contributed by atoms with Crippen LogP contribution in [0.15, 0.2) is 35.5 Å². The van der Waals surface area contributed by atoms with Crippen LogP contribution in [0.2, 0.25) is 5.02 Å². The Kier molecular flexibility index (Phi) is 5.76. The highest BCUT2D eigenvalue weighted by Crippen LogP contribution is 2.25. The summed E-state index contributed by atoms with van der Waals surface area (Å²) >= 11 is 6.14. The molecule has 3 aromatic rings. The van der Waals surface area contributed by atoms with Crippen LogP contribution in [0.5, 0.6) is 0 Å². The third-order valence-electron chi connectivity index (χ3n) is 5.65. The Morgan fingerprint density at radius 3 is 2.23 bits per heavy atom. The first kappa shape index (κ1) is 21.7. The number of nitrogens with zero attached hydrogens (tertiary/aromatic N) is 6. The number of aromatic nitrogens is 4. The third kappa shape index (κ3) is 4.17. The Hall–Kier alpha value is -2.49. The normalized spacial score (nSPS) is 15.5. The van der Waals surface area contributed by atoms with Crippen molar-refractivity contribution in [1.29, 1.82) is 0 Å². The summed E-state index contributed by atoms with van der Waals surface area (Å²) in [5.41, 5.74) is 2.83. The Balaban J connectivity index is 1.54. The van der Waals surface area contributed by atoms with Gasteiger partial charge in [-0.3, -0.25) is 4.57 Å². The lowest BCUT2D eigenvalue weighted by Crippen LogP contribution is -2.49. The molecule has 4 rings (SSSR count). The van der Waals surface area contributed by atoms with Crippen LogP contribution in [0.3, 0.4) is 0 Å². The van der Waals surface area contributed by atoms with Crippen molar-refractivity contribution in [1.82, 2.24) is 23.8 Å². The number of aryl methyl sites for hydroxylation is 3. The molecule has 0 amide bonds. The van der Waals surface area contributed by atoms with Gasteiger partial charge in [-0.05, 0) is 45.4 Å². The molecule has 1 saturated heterocycles. The van der Waals surface area contributed by atoms with E-state index in [0.717, 1.165) is 28.6 Å². The number of halogens is 1. The van der Waals surface area contributed by atoms with Gasteiger partial charge in [0.05, 0.1) is 10.6 Å². The van der Waals surface area contributed by atoms with E-state index in [1.54, 1.807) is 18.5 Å². The number of sulfonamides is 1. The van der Waals surface area contributed by atoms with E-state index in [2.05, 4.69) is 19.9 Å². The van der Waals surface area contributed by atoms with E-state index in [-0.39, 0.29) is 4.90 Å². The Morgan fingerprint density at radius 1 is 0.935 bits per heavy atom. The van der Waals surface area contributed by atoms with Gasteiger partial charge in [0, 0.05) is 43.0 Å². The molecule has 0 bridgehead atoms. The topological polar surface area (TPSA) is 84.2 Å². The second-order valence-electron chi connectivity index (χ2n) is 7.72. The zero-order chi connectivity index (χ0) is 22.3. The number of anilines is 1. The predicted molar refractivity (Wildman–Crippen MR) is 121 cm³/mol. The molecular weight excluding hydrogens is 436 g/mol. The molecule has 8 nitrogen and oxygen atoms in total. The minimum absolute atomic E-state index is 0.225. The minimum Gasteiger partial charge on any atom is -0.354 e. The lowest BCUT2D eigenvalue weighted by atomic mass is 10.2. The number of hydrogen-bond acceptors (Lipinski definition) is 6. The van der Waals surface area contributed by atoms with Crippen molar-refractivity contribution < 1.29 is 8.42 Å². The molecule has 0 radical (unpaired) electrons. The van der Waals surface area contributed by atoms with Crippen LogP contribution in [-0.2, 0) is 10.0 Å². The third-order valence-corrected chi connectivity index (χ3v) is 7.96. The largest absolute Gasteiger partial charge is 0.354 e. The van der Waals surface area contributed by atoms with E-state index in [9.17, 15) is 8.42 Å². The van der Waals surface area contributed by atoms with Gasteiger partial charge in [-0.25, -0.2) is 23.4 Å². The smallest absolute Gasteiger partial charge is 0.243 e. The molecule has 1 fully saturated rings. The van der Waals surface area contributed by atoms with Gasteiger partial charge in [-0.2, -0.15) is 4.31 Å². The summed E-state index contributed by atoms with van der Waals surface area (Å²) in [6.45, 7) is 9.48. The molecule has 0 atom stereocenters. The second-order valence-corrected chi connectivity index (χ2v) is 10.1. The molecule has 0 N–H and O–H groups in total. The van der Waals surface area contributed by atoms with Crippen molar-refractivity contribution >= 4 is 27.4 Å². The molecule has 10 heteroatoms. The van der Waals surface area contributed by atoms with Gasteiger partial charge in [0.25, 0.3) is 0 Å². The highest BCUT2D eigenvalue weighted by atomic mass is 35.5. The van der Waals surface area contributed by atoms with E-state index in [1.807, 2.05) is 38.3 Å². The van der Waals surface area contributed by atoms with Gasteiger partial charge < -0.3 is 4.90 Å². The van der Waals surface area contributed by atoms with Crippen molar-refractivity contribution in [3.8, 4) is 5.82 Å². The quantitative estimate of drug-likeness (QED) is 0.595. The molecular formula is C21H25ClN6O2S. The summed E-state index contributed by atoms with van der Waals surface area (Å²) in [7, 11) is -3.59. The first-order chi connectivity index (χ1) is 14.7. The molecule has 0 unspecified atom stereocenters. The van der Waals surface area contributed by atoms with E-state index < -0.39 is 10.0 Å². The lowest BCUT2D eigenvalue weighted by molar-refractivity contribution is 0.383. The Labute approximate surface area is 187 Å². The lowest BCUT2D eigenvalue weighted by Gasteiger charge is -2.34. The Morgan fingerprint density at radius 2 is 1.61 bits per heavy atom. The first-order valence-electron chi connectivity index (χ1n) is 10.0. The zero-order valence-corrected chi connectivity index (χ0v) is 19.6. The first-order valence-corrected chi connectivity index (χ1v) is 11.9. The maximum absolute atomic E-state index is 13.0. The molecule has 1 aromatic carbocycles. The van der Waals surface area contributed by atoms with Crippen molar-refractivity contribution in [2.24, 2.45) is 0 Å². The molecule has 1 aliphatic rings. The summed E-state index contributed by atoms with van der Waals surface area (Å²) in [6, 6.07) is 6.79. The minimum atomic E-state index is -3.59. The number of imidazole rings is 1. The summed E-state index contributed by atoms with van der Waals surface area (Å²) in [5.74, 6) is 2.19. The average Bonchev–Trinajstić information content (AvgIpc) is 3.08. The maximum atomic E-state index is 13.0. The van der Waals surface area contributed by atoms with Crippen molar-refractivity contribution in [2.45, 2.75) is 32.6 Å². The summed E-state index contributed by atoms with van der Waals surface area (Å²) in [4.78, 5) is 15.8. The fourth-order valence-electron chi connectivity index (χ4n) is 3.59. The van der Waals surface area contributed by atoms with Crippen molar-refractivity contribution in [2.75, 3.05) is 31.1 Å². The summed E-state index contributed by atoms with van der Waals surface area (Å²) in [6.07, 6.45) is 1.76. The number of hydrogen-bond donors (Lipinski definition) is 0. The monoisotopic (exact) mass is 460 g/mol. The van der Waals surface area contributed by atoms with E-state index in [4.69, 9.17) is 11.6 Å². The fourth-order valence-corrected chi connectivity index (χ4v) is 5.29. The van der Waals surface area contributed by atoms with Crippen LogP contribution in [0.4, 0.5) is 5.82 Å².